The van der Waals surface area contributed by atoms with Crippen LogP contribution in [-0.4, -0.2) is 23.3 Å². The first-order valence-electron chi connectivity index (χ1n) is 5.53. The molecule has 0 aliphatic carbocycles. The van der Waals surface area contributed by atoms with Gasteiger partial charge in [-0.3, -0.25) is 4.79 Å². The SMILES string of the molecule is CCOC(=O)C(=O)c1cc(Cl)c2[nH]cc(C)c2c1. The van der Waals surface area contributed by atoms with E-state index in [1.807, 2.05) is 6.92 Å². The Labute approximate surface area is 109 Å². The Morgan fingerprint density at radius 1 is 1.39 bits per heavy atom. The summed E-state index contributed by atoms with van der Waals surface area (Å²) in [6.45, 7) is 3.72. The lowest BCUT2D eigenvalue weighted by Crippen LogP contribution is -2.17. The van der Waals surface area contributed by atoms with E-state index in [4.69, 9.17) is 11.6 Å². The second-order valence-corrected chi connectivity index (χ2v) is 4.31. The van der Waals surface area contributed by atoms with Crippen LogP contribution in [-0.2, 0) is 9.53 Å². The van der Waals surface area contributed by atoms with Gasteiger partial charge in [0, 0.05) is 17.1 Å². The first kappa shape index (κ1) is 12.6. The van der Waals surface area contributed by atoms with Gasteiger partial charge in [-0.25, -0.2) is 4.79 Å². The van der Waals surface area contributed by atoms with E-state index < -0.39 is 11.8 Å². The highest BCUT2D eigenvalue weighted by Crippen LogP contribution is 2.27. The number of ketones is 1. The first-order chi connectivity index (χ1) is 8.54. The molecule has 0 spiro atoms. The second-order valence-electron chi connectivity index (χ2n) is 3.90. The Balaban J connectivity index is 2.49. The van der Waals surface area contributed by atoms with E-state index in [9.17, 15) is 9.59 Å². The summed E-state index contributed by atoms with van der Waals surface area (Å²) in [7, 11) is 0. The number of aromatic nitrogens is 1. The van der Waals surface area contributed by atoms with Crippen molar-refractivity contribution >= 4 is 34.3 Å². The van der Waals surface area contributed by atoms with Gasteiger partial charge in [0.1, 0.15) is 0 Å². The van der Waals surface area contributed by atoms with Crippen molar-refractivity contribution in [2.24, 2.45) is 0 Å². The predicted molar refractivity (Wildman–Crippen MR) is 69.0 cm³/mol. The summed E-state index contributed by atoms with van der Waals surface area (Å²) in [6.07, 6.45) is 1.80. The van der Waals surface area contributed by atoms with Gasteiger partial charge in [-0.15, -0.1) is 0 Å². The van der Waals surface area contributed by atoms with E-state index in [0.717, 1.165) is 16.5 Å². The van der Waals surface area contributed by atoms with Crippen LogP contribution in [0, 0.1) is 6.92 Å². The van der Waals surface area contributed by atoms with E-state index in [0.29, 0.717) is 5.02 Å². The van der Waals surface area contributed by atoms with E-state index in [1.165, 1.54) is 6.07 Å². The molecular formula is C13H12ClNO3. The van der Waals surface area contributed by atoms with Crippen LogP contribution in [0.1, 0.15) is 22.8 Å². The monoisotopic (exact) mass is 265 g/mol. The first-order valence-corrected chi connectivity index (χ1v) is 5.91. The van der Waals surface area contributed by atoms with E-state index in [1.54, 1.807) is 19.2 Å². The molecule has 0 unspecified atom stereocenters. The van der Waals surface area contributed by atoms with Gasteiger partial charge < -0.3 is 9.72 Å². The van der Waals surface area contributed by atoms with E-state index in [2.05, 4.69) is 9.72 Å². The van der Waals surface area contributed by atoms with Gasteiger partial charge in [-0.05, 0) is 31.5 Å². The summed E-state index contributed by atoms with van der Waals surface area (Å²) in [5.41, 5.74) is 1.97. The molecule has 2 aromatic rings. The number of benzene rings is 1. The van der Waals surface area contributed by atoms with Gasteiger partial charge in [0.15, 0.2) is 0 Å². The van der Waals surface area contributed by atoms with Crippen molar-refractivity contribution in [2.75, 3.05) is 6.61 Å². The van der Waals surface area contributed by atoms with Crippen LogP contribution in [0.25, 0.3) is 10.9 Å². The van der Waals surface area contributed by atoms with Crippen molar-refractivity contribution < 1.29 is 14.3 Å². The number of hydrogen-bond donors (Lipinski definition) is 1. The van der Waals surface area contributed by atoms with Crippen molar-refractivity contribution in [2.45, 2.75) is 13.8 Å². The highest BCUT2D eigenvalue weighted by molar-refractivity contribution is 6.42. The van der Waals surface area contributed by atoms with Crippen LogP contribution < -0.4 is 0 Å². The van der Waals surface area contributed by atoms with Crippen molar-refractivity contribution in [1.29, 1.82) is 0 Å². The molecule has 1 N–H and O–H groups in total. The predicted octanol–water partition coefficient (Wildman–Crippen LogP) is 2.88. The molecule has 0 saturated heterocycles. The topological polar surface area (TPSA) is 59.2 Å². The maximum absolute atomic E-state index is 11.8. The molecular weight excluding hydrogens is 254 g/mol. The molecule has 0 fully saturated rings. The van der Waals surface area contributed by atoms with Gasteiger partial charge in [0.2, 0.25) is 0 Å². The molecule has 1 aromatic heterocycles. The van der Waals surface area contributed by atoms with E-state index in [-0.39, 0.29) is 12.2 Å². The van der Waals surface area contributed by atoms with Crippen molar-refractivity contribution in [3.8, 4) is 0 Å². The lowest BCUT2D eigenvalue weighted by atomic mass is 10.1. The molecule has 0 aliphatic rings. The Kier molecular flexibility index (Phi) is 3.39. The van der Waals surface area contributed by atoms with Gasteiger partial charge in [0.05, 0.1) is 17.1 Å². The number of carbonyl (C=O) groups excluding carboxylic acids is 2. The number of esters is 1. The number of aryl methyl sites for hydroxylation is 1. The standard InChI is InChI=1S/C13H12ClNO3/c1-3-18-13(17)12(16)8-4-9-7(2)6-15-11(9)10(14)5-8/h4-6,15H,3H2,1-2H3. The van der Waals surface area contributed by atoms with Crippen LogP contribution in [0.5, 0.6) is 0 Å². The number of rotatable bonds is 3. The van der Waals surface area contributed by atoms with Crippen LogP contribution in [0.15, 0.2) is 18.3 Å². The maximum atomic E-state index is 11.8. The zero-order chi connectivity index (χ0) is 13.3. The van der Waals surface area contributed by atoms with Crippen LogP contribution >= 0.6 is 11.6 Å². The van der Waals surface area contributed by atoms with Crippen LogP contribution in [0.3, 0.4) is 0 Å². The summed E-state index contributed by atoms with van der Waals surface area (Å²) < 4.78 is 4.68. The molecule has 0 bridgehead atoms. The summed E-state index contributed by atoms with van der Waals surface area (Å²) >= 11 is 6.07. The number of aromatic amines is 1. The quantitative estimate of drug-likeness (QED) is 0.527. The Bertz CT molecular complexity index is 630. The smallest absolute Gasteiger partial charge is 0.379 e. The Hall–Kier alpha value is -1.81. The number of carbonyl (C=O) groups is 2. The lowest BCUT2D eigenvalue weighted by Gasteiger charge is -2.03. The highest BCUT2D eigenvalue weighted by atomic mass is 35.5. The average Bonchev–Trinajstić information content (AvgIpc) is 2.71. The van der Waals surface area contributed by atoms with Crippen LogP contribution in [0.2, 0.25) is 5.02 Å². The minimum absolute atomic E-state index is 0.170. The average molecular weight is 266 g/mol. The summed E-state index contributed by atoms with van der Waals surface area (Å²) in [5, 5.41) is 1.24. The third kappa shape index (κ3) is 2.11. The molecule has 94 valence electrons. The third-order valence-electron chi connectivity index (χ3n) is 2.67. The molecule has 0 aliphatic heterocycles. The fourth-order valence-corrected chi connectivity index (χ4v) is 2.04. The Morgan fingerprint density at radius 3 is 2.78 bits per heavy atom. The molecule has 5 heteroatoms. The number of Topliss-reactive ketones (excluding diaryl/α,β-unsaturated/α-hetero) is 1. The zero-order valence-electron chi connectivity index (χ0n) is 10.0. The molecule has 1 aromatic carbocycles. The molecule has 0 saturated carbocycles. The van der Waals surface area contributed by atoms with Crippen LogP contribution in [0.4, 0.5) is 0 Å². The van der Waals surface area contributed by atoms with Crippen molar-refractivity contribution in [1.82, 2.24) is 4.98 Å². The third-order valence-corrected chi connectivity index (χ3v) is 2.97. The molecule has 18 heavy (non-hydrogen) atoms. The lowest BCUT2D eigenvalue weighted by molar-refractivity contribution is -0.137. The number of fused-ring (bicyclic) bond motifs is 1. The number of hydrogen-bond acceptors (Lipinski definition) is 3. The second kappa shape index (κ2) is 4.82. The molecule has 4 nitrogen and oxygen atoms in total. The minimum atomic E-state index is -0.860. The van der Waals surface area contributed by atoms with Crippen molar-refractivity contribution in [3.63, 3.8) is 0 Å². The largest absolute Gasteiger partial charge is 0.460 e. The van der Waals surface area contributed by atoms with Gasteiger partial charge >= 0.3 is 5.97 Å². The summed E-state index contributed by atoms with van der Waals surface area (Å²) in [6, 6.07) is 3.12. The normalized spacial score (nSPS) is 10.6. The van der Waals surface area contributed by atoms with Gasteiger partial charge in [-0.2, -0.15) is 0 Å². The number of halogens is 1. The Morgan fingerprint density at radius 2 is 2.11 bits per heavy atom. The van der Waals surface area contributed by atoms with E-state index >= 15 is 0 Å². The van der Waals surface area contributed by atoms with Gasteiger partial charge in [-0.1, -0.05) is 11.6 Å². The van der Waals surface area contributed by atoms with Crippen molar-refractivity contribution in [3.05, 3.63) is 34.5 Å². The zero-order valence-corrected chi connectivity index (χ0v) is 10.8. The van der Waals surface area contributed by atoms with Gasteiger partial charge in [0.25, 0.3) is 5.78 Å². The molecule has 0 radical (unpaired) electrons. The number of ether oxygens (including phenoxy) is 1. The number of nitrogens with one attached hydrogen (secondary N) is 1. The summed E-state index contributed by atoms with van der Waals surface area (Å²) in [4.78, 5) is 26.2. The maximum Gasteiger partial charge on any atom is 0.379 e. The minimum Gasteiger partial charge on any atom is -0.460 e. The molecule has 0 atom stereocenters. The molecule has 1 heterocycles. The molecule has 0 amide bonds. The fraction of sp³-hybridized carbons (Fsp3) is 0.231. The highest BCUT2D eigenvalue weighted by Gasteiger charge is 2.19. The number of H-pyrrole nitrogens is 1. The molecule has 2 rings (SSSR count). The fourth-order valence-electron chi connectivity index (χ4n) is 1.77. The summed E-state index contributed by atoms with van der Waals surface area (Å²) in [5.74, 6) is -1.54.